The third-order valence-electron chi connectivity index (χ3n) is 3.00. The van der Waals surface area contributed by atoms with Gasteiger partial charge in [-0.25, -0.2) is 4.39 Å². The summed E-state index contributed by atoms with van der Waals surface area (Å²) in [6, 6.07) is 6.06. The lowest BCUT2D eigenvalue weighted by Crippen LogP contribution is -2.25. The highest BCUT2D eigenvalue weighted by Gasteiger charge is 2.09. The van der Waals surface area contributed by atoms with Crippen LogP contribution in [-0.4, -0.2) is 16.1 Å². The van der Waals surface area contributed by atoms with E-state index in [1.54, 1.807) is 12.1 Å². The number of aromatic nitrogens is 2. The second kappa shape index (κ2) is 5.65. The van der Waals surface area contributed by atoms with Crippen molar-refractivity contribution >= 4 is 5.91 Å². The number of nitrogens with zero attached hydrogens (tertiary/aromatic N) is 1. The van der Waals surface area contributed by atoms with E-state index in [0.717, 1.165) is 17.0 Å². The molecule has 4 nitrogen and oxygen atoms in total. The number of aryl methyl sites for hydroxylation is 2. The summed E-state index contributed by atoms with van der Waals surface area (Å²) in [5.74, 6) is -0.461. The Morgan fingerprint density at radius 1 is 1.42 bits per heavy atom. The van der Waals surface area contributed by atoms with Crippen LogP contribution in [0.25, 0.3) is 0 Å². The first-order chi connectivity index (χ1) is 9.06. The summed E-state index contributed by atoms with van der Waals surface area (Å²) in [6.07, 6.45) is 0.174. The van der Waals surface area contributed by atoms with E-state index in [1.807, 2.05) is 13.8 Å². The SMILES string of the molecule is Cc1n[nH]c(C)c1CNC(=O)Cc1cccc(F)c1. The minimum atomic E-state index is -0.327. The van der Waals surface area contributed by atoms with E-state index in [1.165, 1.54) is 12.1 Å². The molecule has 0 bridgehead atoms. The zero-order valence-corrected chi connectivity index (χ0v) is 11.0. The molecule has 19 heavy (non-hydrogen) atoms. The van der Waals surface area contributed by atoms with Crippen LogP contribution in [0, 0.1) is 19.7 Å². The van der Waals surface area contributed by atoms with Gasteiger partial charge in [-0.2, -0.15) is 5.10 Å². The second-order valence-electron chi connectivity index (χ2n) is 4.50. The van der Waals surface area contributed by atoms with Gasteiger partial charge in [0.1, 0.15) is 5.82 Å². The number of carbonyl (C=O) groups is 1. The van der Waals surface area contributed by atoms with Crippen LogP contribution >= 0.6 is 0 Å². The van der Waals surface area contributed by atoms with Crippen LogP contribution in [0.15, 0.2) is 24.3 Å². The molecule has 0 spiro atoms. The summed E-state index contributed by atoms with van der Waals surface area (Å²) < 4.78 is 13.0. The Balaban J connectivity index is 1.92. The van der Waals surface area contributed by atoms with Crippen LogP contribution in [0.3, 0.4) is 0 Å². The number of hydrogen-bond donors (Lipinski definition) is 2. The molecule has 0 aliphatic rings. The van der Waals surface area contributed by atoms with Crippen molar-refractivity contribution < 1.29 is 9.18 Å². The van der Waals surface area contributed by atoms with Gasteiger partial charge in [0.2, 0.25) is 5.91 Å². The molecular formula is C14H16FN3O. The lowest BCUT2D eigenvalue weighted by atomic mass is 10.1. The average molecular weight is 261 g/mol. The fourth-order valence-corrected chi connectivity index (χ4v) is 1.92. The standard InChI is InChI=1S/C14H16FN3O/c1-9-13(10(2)18-17-9)8-16-14(19)7-11-4-3-5-12(15)6-11/h3-6H,7-8H2,1-2H3,(H,16,19)(H,17,18). The van der Waals surface area contributed by atoms with Crippen molar-refractivity contribution in [2.75, 3.05) is 0 Å². The number of carbonyl (C=O) groups excluding carboxylic acids is 1. The Morgan fingerprint density at radius 3 is 2.84 bits per heavy atom. The molecule has 5 heteroatoms. The summed E-state index contributed by atoms with van der Waals surface area (Å²) in [6.45, 7) is 4.23. The second-order valence-corrected chi connectivity index (χ2v) is 4.50. The number of aromatic amines is 1. The highest BCUT2D eigenvalue weighted by molar-refractivity contribution is 5.78. The maximum atomic E-state index is 13.0. The summed E-state index contributed by atoms with van der Waals surface area (Å²) in [4.78, 5) is 11.8. The number of H-pyrrole nitrogens is 1. The van der Waals surface area contributed by atoms with E-state index >= 15 is 0 Å². The molecule has 0 aliphatic carbocycles. The number of nitrogens with one attached hydrogen (secondary N) is 2. The summed E-state index contributed by atoms with van der Waals surface area (Å²) in [5, 5.41) is 9.74. The van der Waals surface area contributed by atoms with Crippen LogP contribution < -0.4 is 5.32 Å². The molecule has 2 aromatic rings. The Morgan fingerprint density at radius 2 is 2.21 bits per heavy atom. The summed E-state index contributed by atoms with van der Waals surface area (Å²) in [5.41, 5.74) is 3.48. The lowest BCUT2D eigenvalue weighted by molar-refractivity contribution is -0.120. The van der Waals surface area contributed by atoms with Gasteiger partial charge < -0.3 is 5.32 Å². The van der Waals surface area contributed by atoms with Gasteiger partial charge in [0, 0.05) is 17.8 Å². The first-order valence-corrected chi connectivity index (χ1v) is 6.08. The monoisotopic (exact) mass is 261 g/mol. The van der Waals surface area contributed by atoms with Crippen molar-refractivity contribution in [3.05, 3.63) is 52.6 Å². The minimum Gasteiger partial charge on any atom is -0.352 e. The Labute approximate surface area is 111 Å². The smallest absolute Gasteiger partial charge is 0.224 e. The van der Waals surface area contributed by atoms with Crippen molar-refractivity contribution in [1.82, 2.24) is 15.5 Å². The molecule has 0 saturated heterocycles. The predicted molar refractivity (Wildman–Crippen MR) is 70.0 cm³/mol. The first kappa shape index (κ1) is 13.3. The fraction of sp³-hybridized carbons (Fsp3) is 0.286. The number of amides is 1. The largest absolute Gasteiger partial charge is 0.352 e. The molecule has 0 aliphatic heterocycles. The zero-order chi connectivity index (χ0) is 13.8. The third-order valence-corrected chi connectivity index (χ3v) is 3.00. The molecule has 0 unspecified atom stereocenters. The Hall–Kier alpha value is -2.17. The van der Waals surface area contributed by atoms with Gasteiger partial charge in [0.25, 0.3) is 0 Å². The van der Waals surface area contributed by atoms with Crippen LogP contribution in [0.4, 0.5) is 4.39 Å². The molecule has 2 N–H and O–H groups in total. The topological polar surface area (TPSA) is 57.8 Å². The summed E-state index contributed by atoms with van der Waals surface area (Å²) >= 11 is 0. The Bertz CT molecular complexity index is 573. The van der Waals surface area contributed by atoms with Crippen molar-refractivity contribution in [3.63, 3.8) is 0 Å². The zero-order valence-electron chi connectivity index (χ0n) is 11.0. The number of benzene rings is 1. The normalized spacial score (nSPS) is 10.5. The van der Waals surface area contributed by atoms with Gasteiger partial charge in [0.05, 0.1) is 12.1 Å². The van der Waals surface area contributed by atoms with Crippen LogP contribution in [-0.2, 0) is 17.8 Å². The van der Waals surface area contributed by atoms with Crippen LogP contribution in [0.1, 0.15) is 22.5 Å². The van der Waals surface area contributed by atoms with Crippen molar-refractivity contribution in [2.45, 2.75) is 26.8 Å². The molecule has 0 radical (unpaired) electrons. The number of hydrogen-bond acceptors (Lipinski definition) is 2. The van der Waals surface area contributed by atoms with Gasteiger partial charge in [-0.05, 0) is 31.5 Å². The van der Waals surface area contributed by atoms with Crippen molar-refractivity contribution in [2.24, 2.45) is 0 Å². The quantitative estimate of drug-likeness (QED) is 0.884. The van der Waals surface area contributed by atoms with Crippen molar-refractivity contribution in [1.29, 1.82) is 0 Å². The van der Waals surface area contributed by atoms with Crippen LogP contribution in [0.2, 0.25) is 0 Å². The van der Waals surface area contributed by atoms with Crippen LogP contribution in [0.5, 0.6) is 0 Å². The number of halogens is 1. The molecule has 1 aromatic heterocycles. The lowest BCUT2D eigenvalue weighted by Gasteiger charge is -2.05. The fourth-order valence-electron chi connectivity index (χ4n) is 1.92. The molecule has 2 rings (SSSR count). The molecule has 1 amide bonds. The number of rotatable bonds is 4. The predicted octanol–water partition coefficient (Wildman–Crippen LogP) is 2.02. The van der Waals surface area contributed by atoms with E-state index in [4.69, 9.17) is 0 Å². The maximum absolute atomic E-state index is 13.0. The molecule has 1 heterocycles. The molecule has 1 aromatic carbocycles. The van der Waals surface area contributed by atoms with Gasteiger partial charge >= 0.3 is 0 Å². The maximum Gasteiger partial charge on any atom is 0.224 e. The van der Waals surface area contributed by atoms with Gasteiger partial charge in [-0.15, -0.1) is 0 Å². The molecule has 0 saturated carbocycles. The van der Waals surface area contributed by atoms with E-state index in [-0.39, 0.29) is 18.1 Å². The molecule has 0 atom stereocenters. The first-order valence-electron chi connectivity index (χ1n) is 6.08. The minimum absolute atomic E-state index is 0.134. The van der Waals surface area contributed by atoms with Gasteiger partial charge in [-0.1, -0.05) is 12.1 Å². The molecular weight excluding hydrogens is 245 g/mol. The highest BCUT2D eigenvalue weighted by atomic mass is 19.1. The molecule has 100 valence electrons. The van der Waals surface area contributed by atoms with E-state index in [0.29, 0.717) is 12.1 Å². The van der Waals surface area contributed by atoms with Gasteiger partial charge in [0.15, 0.2) is 0 Å². The van der Waals surface area contributed by atoms with E-state index in [9.17, 15) is 9.18 Å². The van der Waals surface area contributed by atoms with E-state index < -0.39 is 0 Å². The van der Waals surface area contributed by atoms with Crippen molar-refractivity contribution in [3.8, 4) is 0 Å². The average Bonchev–Trinajstić information content (AvgIpc) is 2.67. The highest BCUT2D eigenvalue weighted by Crippen LogP contribution is 2.09. The summed E-state index contributed by atoms with van der Waals surface area (Å²) in [7, 11) is 0. The molecule has 0 fully saturated rings. The van der Waals surface area contributed by atoms with Gasteiger partial charge in [-0.3, -0.25) is 9.89 Å². The van der Waals surface area contributed by atoms with E-state index in [2.05, 4.69) is 15.5 Å². The Kier molecular flexibility index (Phi) is 3.94. The third kappa shape index (κ3) is 3.40.